The molecular formula is C11H15NO3S. The average molecular weight is 241 g/mol. The summed E-state index contributed by atoms with van der Waals surface area (Å²) in [7, 11) is 1.56. The molecule has 0 fully saturated rings. The maximum atomic E-state index is 10.8. The van der Waals surface area contributed by atoms with Crippen molar-refractivity contribution in [3.63, 3.8) is 0 Å². The van der Waals surface area contributed by atoms with Gasteiger partial charge in [0.1, 0.15) is 5.78 Å². The zero-order valence-electron chi connectivity index (χ0n) is 9.56. The van der Waals surface area contributed by atoms with Gasteiger partial charge in [0.05, 0.1) is 18.9 Å². The van der Waals surface area contributed by atoms with Gasteiger partial charge in [0, 0.05) is 11.8 Å². The molecule has 0 saturated carbocycles. The molecule has 88 valence electrons. The van der Waals surface area contributed by atoms with Crippen LogP contribution in [0.2, 0.25) is 0 Å². The lowest BCUT2D eigenvalue weighted by Crippen LogP contribution is -2.12. The number of rotatable bonds is 5. The van der Waals surface area contributed by atoms with Gasteiger partial charge in [-0.25, -0.2) is 4.98 Å². The Balaban J connectivity index is 2.71. The van der Waals surface area contributed by atoms with E-state index >= 15 is 0 Å². The Morgan fingerprint density at radius 1 is 1.69 bits per heavy atom. The summed E-state index contributed by atoms with van der Waals surface area (Å²) in [5, 5.41) is 12.1. The fourth-order valence-electron chi connectivity index (χ4n) is 1.19. The van der Waals surface area contributed by atoms with Crippen LogP contribution in [0, 0.1) is 0 Å². The largest absolute Gasteiger partial charge is 0.473 e. The number of thiazole rings is 1. The normalized spacial score (nSPS) is 13.6. The second kappa shape index (κ2) is 5.77. The second-order valence-corrected chi connectivity index (χ2v) is 4.37. The number of carbonyl (C=O) groups is 1. The number of aliphatic hydroxyl groups excluding tert-OH is 1. The van der Waals surface area contributed by atoms with Crippen LogP contribution in [0.4, 0.5) is 0 Å². The van der Waals surface area contributed by atoms with Gasteiger partial charge >= 0.3 is 0 Å². The predicted octanol–water partition coefficient (Wildman–Crippen LogP) is 1.89. The summed E-state index contributed by atoms with van der Waals surface area (Å²) in [5.41, 5.74) is 1.46. The third kappa shape index (κ3) is 3.75. The summed E-state index contributed by atoms with van der Waals surface area (Å²) < 4.78 is 4.96. The van der Waals surface area contributed by atoms with Crippen molar-refractivity contribution in [3.05, 3.63) is 16.6 Å². The molecule has 0 amide bonds. The van der Waals surface area contributed by atoms with Gasteiger partial charge in [-0.1, -0.05) is 11.3 Å². The predicted molar refractivity (Wildman–Crippen MR) is 63.6 cm³/mol. The van der Waals surface area contributed by atoms with Crippen LogP contribution in [0.25, 0.3) is 6.08 Å². The van der Waals surface area contributed by atoms with Gasteiger partial charge in [0.25, 0.3) is 5.19 Å². The molecule has 0 aliphatic heterocycles. The van der Waals surface area contributed by atoms with Gasteiger partial charge in [-0.05, 0) is 25.5 Å². The fraction of sp³-hybridized carbons (Fsp3) is 0.455. The molecule has 0 radical (unpaired) electrons. The second-order valence-electron chi connectivity index (χ2n) is 3.55. The number of hydrogen-bond acceptors (Lipinski definition) is 5. The van der Waals surface area contributed by atoms with Crippen molar-refractivity contribution in [2.24, 2.45) is 0 Å². The first kappa shape index (κ1) is 12.9. The lowest BCUT2D eigenvalue weighted by atomic mass is 10.1. The maximum Gasteiger partial charge on any atom is 0.273 e. The minimum atomic E-state index is -0.731. The summed E-state index contributed by atoms with van der Waals surface area (Å²) in [6.45, 7) is 3.24. The van der Waals surface area contributed by atoms with Crippen molar-refractivity contribution in [2.45, 2.75) is 26.4 Å². The molecule has 1 aromatic rings. The lowest BCUT2D eigenvalue weighted by Gasteiger charge is -2.08. The molecule has 4 nitrogen and oxygen atoms in total. The molecule has 1 aromatic heterocycles. The first-order valence-corrected chi connectivity index (χ1v) is 5.76. The van der Waals surface area contributed by atoms with Crippen LogP contribution in [0.5, 0.6) is 5.19 Å². The number of methoxy groups -OCH3 is 1. The molecule has 0 spiro atoms. The molecule has 0 aromatic carbocycles. The average Bonchev–Trinajstić information content (AvgIpc) is 2.64. The highest BCUT2D eigenvalue weighted by atomic mass is 32.1. The van der Waals surface area contributed by atoms with E-state index in [0.717, 1.165) is 11.3 Å². The Kier molecular flexibility index (Phi) is 4.64. The van der Waals surface area contributed by atoms with E-state index in [0.29, 0.717) is 5.19 Å². The van der Waals surface area contributed by atoms with E-state index < -0.39 is 6.10 Å². The van der Waals surface area contributed by atoms with Crippen molar-refractivity contribution < 1.29 is 14.6 Å². The highest BCUT2D eigenvalue weighted by Crippen LogP contribution is 2.20. The lowest BCUT2D eigenvalue weighted by molar-refractivity contribution is -0.118. The van der Waals surface area contributed by atoms with Crippen LogP contribution < -0.4 is 4.74 Å². The zero-order valence-corrected chi connectivity index (χ0v) is 10.4. The van der Waals surface area contributed by atoms with Gasteiger partial charge < -0.3 is 9.84 Å². The van der Waals surface area contributed by atoms with Crippen molar-refractivity contribution in [2.75, 3.05) is 7.11 Å². The highest BCUT2D eigenvalue weighted by Gasteiger charge is 2.10. The Hall–Kier alpha value is -1.20. The molecule has 0 aliphatic carbocycles. The third-order valence-electron chi connectivity index (χ3n) is 2.06. The minimum absolute atomic E-state index is 0.0314. The van der Waals surface area contributed by atoms with Crippen LogP contribution in [-0.2, 0) is 4.79 Å². The minimum Gasteiger partial charge on any atom is -0.473 e. The summed E-state index contributed by atoms with van der Waals surface area (Å²) in [6, 6.07) is 0. The Bertz CT molecular complexity index is 398. The first-order valence-electron chi connectivity index (χ1n) is 4.88. The molecule has 1 rings (SSSR count). The summed E-state index contributed by atoms with van der Waals surface area (Å²) >= 11 is 1.39. The number of aliphatic hydroxyl groups is 1. The van der Waals surface area contributed by atoms with Crippen molar-refractivity contribution >= 4 is 23.2 Å². The number of aromatic nitrogens is 1. The molecule has 0 aliphatic rings. The van der Waals surface area contributed by atoms with Crippen LogP contribution in [0.15, 0.2) is 11.0 Å². The van der Waals surface area contributed by atoms with Gasteiger partial charge in [-0.15, -0.1) is 0 Å². The molecule has 16 heavy (non-hydrogen) atoms. The molecule has 0 bridgehead atoms. The van der Waals surface area contributed by atoms with Gasteiger partial charge in [-0.3, -0.25) is 4.79 Å². The van der Waals surface area contributed by atoms with Crippen molar-refractivity contribution in [3.8, 4) is 5.19 Å². The van der Waals surface area contributed by atoms with Crippen LogP contribution in [-0.4, -0.2) is 29.1 Å². The van der Waals surface area contributed by atoms with E-state index in [1.54, 1.807) is 20.1 Å². The molecular weight excluding hydrogens is 226 g/mol. The van der Waals surface area contributed by atoms with Gasteiger partial charge in [-0.2, -0.15) is 0 Å². The third-order valence-corrected chi connectivity index (χ3v) is 2.88. The standard InChI is InChI=1S/C11H15NO3S/c1-7(10(14)5-8(2)13)4-9-6-16-11(12-9)15-3/h4,6,10,14H,5H2,1-3H3/b7-4+/t10-/m1/s1. The van der Waals surface area contributed by atoms with Crippen LogP contribution in [0.3, 0.4) is 0 Å². The number of hydrogen-bond donors (Lipinski definition) is 1. The number of ketones is 1. The van der Waals surface area contributed by atoms with Crippen molar-refractivity contribution in [1.82, 2.24) is 4.98 Å². The maximum absolute atomic E-state index is 10.8. The van der Waals surface area contributed by atoms with Gasteiger partial charge in [0.2, 0.25) is 0 Å². The highest BCUT2D eigenvalue weighted by molar-refractivity contribution is 7.11. The zero-order chi connectivity index (χ0) is 12.1. The summed E-state index contributed by atoms with van der Waals surface area (Å²) in [4.78, 5) is 15.0. The number of carbonyl (C=O) groups excluding carboxylic acids is 1. The van der Waals surface area contributed by atoms with Crippen LogP contribution >= 0.6 is 11.3 Å². The van der Waals surface area contributed by atoms with Crippen molar-refractivity contribution in [1.29, 1.82) is 0 Å². The smallest absolute Gasteiger partial charge is 0.273 e. The number of nitrogens with zero attached hydrogens (tertiary/aromatic N) is 1. The molecule has 1 heterocycles. The Morgan fingerprint density at radius 3 is 2.88 bits per heavy atom. The molecule has 0 saturated heterocycles. The Labute approximate surface area is 98.6 Å². The number of Topliss-reactive ketones (excluding diaryl/α,β-unsaturated/α-hetero) is 1. The summed E-state index contributed by atoms with van der Waals surface area (Å²) in [5.74, 6) is -0.0314. The molecule has 5 heteroatoms. The quantitative estimate of drug-likeness (QED) is 0.855. The molecule has 1 N–H and O–H groups in total. The van der Waals surface area contributed by atoms with Gasteiger partial charge in [0.15, 0.2) is 0 Å². The topological polar surface area (TPSA) is 59.4 Å². The molecule has 0 unspecified atom stereocenters. The van der Waals surface area contributed by atoms with E-state index in [1.165, 1.54) is 18.3 Å². The molecule has 1 atom stereocenters. The van der Waals surface area contributed by atoms with E-state index in [4.69, 9.17) is 4.74 Å². The SMILES string of the molecule is COc1nc(/C=C(\C)[C@H](O)CC(C)=O)cs1. The number of ether oxygens (including phenoxy) is 1. The van der Waals surface area contributed by atoms with Crippen LogP contribution in [0.1, 0.15) is 26.0 Å². The Morgan fingerprint density at radius 2 is 2.38 bits per heavy atom. The van der Waals surface area contributed by atoms with E-state index in [9.17, 15) is 9.90 Å². The van der Waals surface area contributed by atoms with E-state index in [-0.39, 0.29) is 12.2 Å². The fourth-order valence-corrected chi connectivity index (χ4v) is 1.79. The van der Waals surface area contributed by atoms with E-state index in [1.807, 2.05) is 5.38 Å². The van der Waals surface area contributed by atoms with E-state index in [2.05, 4.69) is 4.98 Å². The summed E-state index contributed by atoms with van der Waals surface area (Å²) in [6.07, 6.45) is 1.17. The first-order chi connectivity index (χ1) is 7.52. The monoisotopic (exact) mass is 241 g/mol.